The van der Waals surface area contributed by atoms with E-state index in [-0.39, 0.29) is 18.0 Å². The number of nitrogens with zero attached hydrogens (tertiary/aromatic N) is 5. The Labute approximate surface area is 173 Å². The van der Waals surface area contributed by atoms with Crippen LogP contribution in [0.15, 0.2) is 55.0 Å². The summed E-state index contributed by atoms with van der Waals surface area (Å²) in [5, 5.41) is 0.512. The second-order valence-electron chi connectivity index (χ2n) is 7.28. The van der Waals surface area contributed by atoms with Gasteiger partial charge >= 0.3 is 0 Å². The Bertz CT molecular complexity index is 1050. The fourth-order valence-corrected chi connectivity index (χ4v) is 4.60. The molecule has 0 N–H and O–H groups in total. The van der Waals surface area contributed by atoms with Crippen LogP contribution in [0, 0.1) is 0 Å². The summed E-state index contributed by atoms with van der Waals surface area (Å²) >= 11 is 6.27. The third kappa shape index (κ3) is 3.07. The van der Waals surface area contributed by atoms with E-state index in [1.165, 1.54) is 0 Å². The van der Waals surface area contributed by atoms with Gasteiger partial charge < -0.3 is 9.64 Å². The first-order chi connectivity index (χ1) is 14.2. The average molecular weight is 410 g/mol. The van der Waals surface area contributed by atoms with Crippen LogP contribution in [-0.4, -0.2) is 51.1 Å². The first-order valence-electron chi connectivity index (χ1n) is 9.50. The van der Waals surface area contributed by atoms with E-state index in [1.807, 2.05) is 33.9 Å². The van der Waals surface area contributed by atoms with Crippen molar-refractivity contribution in [1.29, 1.82) is 0 Å². The summed E-state index contributed by atoms with van der Waals surface area (Å²) in [6.45, 7) is 1.50. The van der Waals surface area contributed by atoms with Gasteiger partial charge in [-0.1, -0.05) is 11.6 Å². The fraction of sp³-hybridized carbons (Fsp3) is 0.286. The number of rotatable bonds is 5. The molecule has 2 fully saturated rings. The van der Waals surface area contributed by atoms with Crippen LogP contribution < -0.4 is 9.64 Å². The highest BCUT2D eigenvalue weighted by Gasteiger charge is 2.50. The number of benzene rings is 1. The van der Waals surface area contributed by atoms with Crippen LogP contribution in [0.4, 0.5) is 5.69 Å². The Balaban J connectivity index is 1.35. The maximum atomic E-state index is 13.1. The van der Waals surface area contributed by atoms with Gasteiger partial charge in [-0.3, -0.25) is 14.3 Å². The number of anilines is 1. The molecule has 2 saturated heterocycles. The summed E-state index contributed by atoms with van der Waals surface area (Å²) in [5.41, 5.74) is 1.89. The number of hydrogen-bond acceptors (Lipinski definition) is 5. The number of carbonyl (C=O) groups is 1. The lowest BCUT2D eigenvalue weighted by Crippen LogP contribution is -2.50. The van der Waals surface area contributed by atoms with Gasteiger partial charge in [0.2, 0.25) is 11.9 Å². The number of halogens is 1. The van der Waals surface area contributed by atoms with Gasteiger partial charge in [0.25, 0.3) is 0 Å². The van der Waals surface area contributed by atoms with Crippen molar-refractivity contribution in [1.82, 2.24) is 19.4 Å². The summed E-state index contributed by atoms with van der Waals surface area (Å²) < 4.78 is 7.19. The Morgan fingerprint density at radius 2 is 2.03 bits per heavy atom. The molecule has 1 amide bonds. The van der Waals surface area contributed by atoms with Crippen molar-refractivity contribution in [3.63, 3.8) is 0 Å². The molecule has 2 bridgehead atoms. The molecular formula is C21H20ClN5O2. The summed E-state index contributed by atoms with van der Waals surface area (Å²) in [7, 11) is 1.58. The first kappa shape index (κ1) is 18.1. The molecule has 1 aromatic carbocycles. The number of aromatic nitrogens is 3. The topological polar surface area (TPSA) is 63.5 Å². The van der Waals surface area contributed by atoms with Crippen LogP contribution >= 0.6 is 11.6 Å². The first-order valence-corrected chi connectivity index (χ1v) is 9.88. The number of methoxy groups -OCH3 is 1. The van der Waals surface area contributed by atoms with Gasteiger partial charge in [-0.05, 0) is 42.8 Å². The lowest BCUT2D eigenvalue weighted by Gasteiger charge is -2.34. The van der Waals surface area contributed by atoms with E-state index in [2.05, 4.69) is 14.9 Å². The van der Waals surface area contributed by atoms with E-state index in [1.54, 1.807) is 37.7 Å². The number of carbonyl (C=O) groups excluding carboxylic acids is 1. The Hall–Kier alpha value is -2.90. The third-order valence-electron chi connectivity index (χ3n) is 5.65. The molecule has 4 heterocycles. The molecule has 0 saturated carbocycles. The van der Waals surface area contributed by atoms with Crippen molar-refractivity contribution in [3.8, 4) is 11.7 Å². The molecule has 0 aliphatic carbocycles. The van der Waals surface area contributed by atoms with Gasteiger partial charge in [0.05, 0.1) is 24.2 Å². The molecule has 0 spiro atoms. The molecule has 5 rings (SSSR count). The molecular weight excluding hydrogens is 390 g/mol. The normalized spacial score (nSPS) is 21.2. The van der Waals surface area contributed by atoms with Gasteiger partial charge in [0.15, 0.2) is 0 Å². The number of ether oxygens (including phenoxy) is 1. The van der Waals surface area contributed by atoms with Crippen LogP contribution in [0.5, 0.6) is 5.75 Å². The van der Waals surface area contributed by atoms with E-state index in [0.717, 1.165) is 24.3 Å². The predicted molar refractivity (Wildman–Crippen MR) is 109 cm³/mol. The maximum Gasteiger partial charge on any atom is 0.244 e. The van der Waals surface area contributed by atoms with Gasteiger partial charge in [0.1, 0.15) is 5.75 Å². The minimum atomic E-state index is -0.124. The van der Waals surface area contributed by atoms with Crippen molar-refractivity contribution in [2.75, 3.05) is 18.6 Å². The number of hydrogen-bond donors (Lipinski definition) is 0. The summed E-state index contributed by atoms with van der Waals surface area (Å²) in [6, 6.07) is 11.4. The van der Waals surface area contributed by atoms with Gasteiger partial charge in [-0.25, -0.2) is 9.97 Å². The number of fused-ring (bicyclic) bond motifs is 2. The Morgan fingerprint density at radius 3 is 2.76 bits per heavy atom. The molecule has 7 nitrogen and oxygen atoms in total. The number of amides is 1. The van der Waals surface area contributed by atoms with Crippen LogP contribution in [0.25, 0.3) is 5.95 Å². The van der Waals surface area contributed by atoms with E-state index in [4.69, 9.17) is 16.3 Å². The molecule has 148 valence electrons. The zero-order chi connectivity index (χ0) is 20.0. The highest BCUT2D eigenvalue weighted by atomic mass is 35.5. The molecule has 0 radical (unpaired) electrons. The van der Waals surface area contributed by atoms with Crippen LogP contribution in [0.3, 0.4) is 0 Å². The van der Waals surface area contributed by atoms with E-state index >= 15 is 0 Å². The summed E-state index contributed by atoms with van der Waals surface area (Å²) in [6.07, 6.45) is 6.23. The van der Waals surface area contributed by atoms with E-state index < -0.39 is 0 Å². The number of likely N-dealkylation sites (tertiary alicyclic amines) is 1. The van der Waals surface area contributed by atoms with Gasteiger partial charge in [-0.15, -0.1) is 0 Å². The molecule has 2 atom stereocenters. The molecule has 2 aliphatic heterocycles. The molecule has 2 aliphatic rings. The Kier molecular flexibility index (Phi) is 4.49. The lowest BCUT2D eigenvalue weighted by atomic mass is 10.2. The highest BCUT2D eigenvalue weighted by molar-refractivity contribution is 6.32. The zero-order valence-corrected chi connectivity index (χ0v) is 16.7. The van der Waals surface area contributed by atoms with Crippen molar-refractivity contribution in [2.45, 2.75) is 25.0 Å². The van der Waals surface area contributed by atoms with Crippen molar-refractivity contribution in [2.24, 2.45) is 0 Å². The van der Waals surface area contributed by atoms with Crippen LogP contribution in [-0.2, 0) is 11.3 Å². The van der Waals surface area contributed by atoms with Crippen LogP contribution in [0.1, 0.15) is 12.1 Å². The lowest BCUT2D eigenvalue weighted by molar-refractivity contribution is -0.122. The standard InChI is InChI=1S/C21H20ClN5O2/c1-29-19-6-5-14(10-17(19)22)27-16-11-18(20(27)28)25(13-16)12-15-4-2-9-26(15)21-23-7-3-8-24-21/h2-10,16,18H,11-13H2,1H3/t16-,18-/m0/s1. The maximum absolute atomic E-state index is 13.1. The minimum Gasteiger partial charge on any atom is -0.495 e. The second-order valence-corrected chi connectivity index (χ2v) is 7.69. The zero-order valence-electron chi connectivity index (χ0n) is 15.9. The minimum absolute atomic E-state index is 0.122. The fourth-order valence-electron chi connectivity index (χ4n) is 4.35. The molecule has 3 aromatic rings. The molecule has 0 unspecified atom stereocenters. The van der Waals surface area contributed by atoms with Crippen LogP contribution in [0.2, 0.25) is 5.02 Å². The molecule has 29 heavy (non-hydrogen) atoms. The SMILES string of the molecule is COc1ccc(N2C(=O)[C@@H]3C[C@H]2CN3Cc2cccn2-c2ncccn2)cc1Cl. The van der Waals surface area contributed by atoms with Gasteiger partial charge in [-0.2, -0.15) is 0 Å². The van der Waals surface area contributed by atoms with Crippen molar-refractivity contribution >= 4 is 23.2 Å². The predicted octanol–water partition coefficient (Wildman–Crippen LogP) is 2.92. The second kappa shape index (κ2) is 7.17. The monoisotopic (exact) mass is 409 g/mol. The highest BCUT2D eigenvalue weighted by Crippen LogP contribution is 2.39. The van der Waals surface area contributed by atoms with Crippen molar-refractivity contribution < 1.29 is 9.53 Å². The largest absolute Gasteiger partial charge is 0.495 e. The van der Waals surface area contributed by atoms with Gasteiger partial charge in [0, 0.05) is 43.1 Å². The molecule has 2 aromatic heterocycles. The smallest absolute Gasteiger partial charge is 0.244 e. The molecule has 8 heteroatoms. The quantitative estimate of drug-likeness (QED) is 0.648. The number of piperazine rings is 1. The third-order valence-corrected chi connectivity index (χ3v) is 5.94. The van der Waals surface area contributed by atoms with Crippen molar-refractivity contribution in [3.05, 3.63) is 65.7 Å². The van der Waals surface area contributed by atoms with E-state index in [0.29, 0.717) is 23.3 Å². The average Bonchev–Trinajstić information content (AvgIpc) is 3.44. The Morgan fingerprint density at radius 1 is 1.21 bits per heavy atom. The summed E-state index contributed by atoms with van der Waals surface area (Å²) in [5.74, 6) is 1.37. The summed E-state index contributed by atoms with van der Waals surface area (Å²) in [4.78, 5) is 25.9. The van der Waals surface area contributed by atoms with E-state index in [9.17, 15) is 4.79 Å².